The van der Waals surface area contributed by atoms with Crippen LogP contribution in [0, 0.1) is 11.8 Å². The summed E-state index contributed by atoms with van der Waals surface area (Å²) in [5, 5.41) is 11.9. The number of rotatable bonds is 2. The molecule has 0 saturated carbocycles. The summed E-state index contributed by atoms with van der Waals surface area (Å²) in [4.78, 5) is 46.7. The number of fused-ring (bicyclic) bond motifs is 6. The van der Waals surface area contributed by atoms with E-state index >= 15 is 0 Å². The molecule has 7 rings (SSSR count). The molecule has 1 saturated heterocycles. The quantitative estimate of drug-likeness (QED) is 0.283. The molecule has 41 heavy (non-hydrogen) atoms. The maximum absolute atomic E-state index is 13.0. The summed E-state index contributed by atoms with van der Waals surface area (Å²) in [7, 11) is 0. The van der Waals surface area contributed by atoms with E-state index in [2.05, 4.69) is 19.9 Å². The number of hydrogen-bond donors (Lipinski definition) is 1. The van der Waals surface area contributed by atoms with Gasteiger partial charge in [0.1, 0.15) is 32.6 Å². The Labute approximate surface area is 254 Å². The summed E-state index contributed by atoms with van der Waals surface area (Å²) in [6.45, 7) is 5.44. The van der Waals surface area contributed by atoms with Gasteiger partial charge < -0.3 is 14.7 Å². The number of amides is 1. The van der Waals surface area contributed by atoms with Crippen molar-refractivity contribution in [3.05, 3.63) is 43.8 Å². The van der Waals surface area contributed by atoms with Crippen LogP contribution in [0.3, 0.4) is 0 Å². The van der Waals surface area contributed by atoms with Crippen molar-refractivity contribution in [2.75, 3.05) is 13.1 Å². The van der Waals surface area contributed by atoms with Crippen LogP contribution in [-0.2, 0) is 40.0 Å². The normalized spacial score (nSPS) is 24.0. The predicted octanol–water partition coefficient (Wildman–Crippen LogP) is 5.62. The Morgan fingerprint density at radius 3 is 1.85 bits per heavy atom. The summed E-state index contributed by atoms with van der Waals surface area (Å²) in [6, 6.07) is 0. The van der Waals surface area contributed by atoms with Gasteiger partial charge in [0.25, 0.3) is 0 Å². The molecule has 4 atom stereocenters. The number of aliphatic carboxylic acids is 1. The van der Waals surface area contributed by atoms with E-state index < -0.39 is 5.97 Å². The van der Waals surface area contributed by atoms with Gasteiger partial charge in [0, 0.05) is 28.8 Å². The number of ether oxygens (including phenoxy) is 1. The molecule has 4 aromatic rings. The molecule has 2 aliphatic carbocycles. The maximum atomic E-state index is 13.0. The van der Waals surface area contributed by atoms with E-state index in [1.807, 2.05) is 18.7 Å². The number of hydrogen-bond acceptors (Lipinski definition) is 9. The van der Waals surface area contributed by atoms with Crippen LogP contribution >= 0.6 is 45.9 Å². The summed E-state index contributed by atoms with van der Waals surface area (Å²) in [5.41, 5.74) is 2.39. The van der Waals surface area contributed by atoms with Gasteiger partial charge in [-0.2, -0.15) is 0 Å². The van der Waals surface area contributed by atoms with E-state index in [1.54, 1.807) is 11.3 Å². The lowest BCUT2D eigenvalue weighted by Crippen LogP contribution is -2.50. The van der Waals surface area contributed by atoms with Crippen molar-refractivity contribution >= 4 is 78.2 Å². The van der Waals surface area contributed by atoms with Gasteiger partial charge in [0.05, 0.1) is 28.9 Å². The van der Waals surface area contributed by atoms with Crippen molar-refractivity contribution < 1.29 is 19.4 Å². The number of carboxylic acid groups (broad SMARTS) is 1. The zero-order valence-electron chi connectivity index (χ0n) is 22.6. The lowest BCUT2D eigenvalue weighted by atomic mass is 9.87. The average Bonchev–Trinajstić information content (AvgIpc) is 3.51. The average molecular weight is 635 g/mol. The molecular weight excluding hydrogens is 605 g/mol. The first-order valence-electron chi connectivity index (χ1n) is 13.7. The Hall–Kier alpha value is -2.44. The summed E-state index contributed by atoms with van der Waals surface area (Å²) >= 11 is 15.5. The summed E-state index contributed by atoms with van der Waals surface area (Å²) < 4.78 is 5.74. The summed E-state index contributed by atoms with van der Waals surface area (Å²) in [6.07, 6.45) is 7.68. The Kier molecular flexibility index (Phi) is 8.17. The number of morpholine rings is 1. The van der Waals surface area contributed by atoms with Gasteiger partial charge in [0.2, 0.25) is 5.91 Å². The Morgan fingerprint density at radius 1 is 0.854 bits per heavy atom. The Bertz CT molecular complexity index is 1630. The van der Waals surface area contributed by atoms with E-state index in [0.29, 0.717) is 36.2 Å². The first-order chi connectivity index (χ1) is 19.7. The second-order valence-electron chi connectivity index (χ2n) is 10.9. The highest BCUT2D eigenvalue weighted by atomic mass is 35.5. The highest BCUT2D eigenvalue weighted by Crippen LogP contribution is 2.41. The lowest BCUT2D eigenvalue weighted by molar-refractivity contribution is -0.147. The molecule has 0 radical (unpaired) electrons. The monoisotopic (exact) mass is 633 g/mol. The van der Waals surface area contributed by atoms with Crippen molar-refractivity contribution in [3.63, 3.8) is 0 Å². The molecule has 3 aliphatic rings. The Balaban J connectivity index is 0.000000156. The van der Waals surface area contributed by atoms with Crippen molar-refractivity contribution in [2.24, 2.45) is 11.8 Å². The number of carboxylic acids is 1. The van der Waals surface area contributed by atoms with Crippen LogP contribution in [-0.4, -0.2) is 67.1 Å². The van der Waals surface area contributed by atoms with Crippen molar-refractivity contribution in [1.29, 1.82) is 0 Å². The molecule has 0 spiro atoms. The van der Waals surface area contributed by atoms with E-state index in [4.69, 9.17) is 33.0 Å². The molecule has 0 bridgehead atoms. The number of thiophene rings is 2. The Morgan fingerprint density at radius 2 is 1.34 bits per heavy atom. The first kappa shape index (κ1) is 28.7. The van der Waals surface area contributed by atoms with Crippen molar-refractivity contribution in [1.82, 2.24) is 24.8 Å². The van der Waals surface area contributed by atoms with Gasteiger partial charge in [-0.25, -0.2) is 19.9 Å². The minimum absolute atomic E-state index is 0.0507. The minimum Gasteiger partial charge on any atom is -0.481 e. The molecule has 0 aromatic carbocycles. The van der Waals surface area contributed by atoms with Crippen LogP contribution in [0.25, 0.3) is 20.4 Å². The third-order valence-corrected chi connectivity index (χ3v) is 10.9. The van der Waals surface area contributed by atoms with Crippen LogP contribution in [0.15, 0.2) is 12.7 Å². The highest BCUT2D eigenvalue weighted by molar-refractivity contribution is 7.19. The number of carbonyl (C=O) groups excluding carboxylic acids is 1. The van der Waals surface area contributed by atoms with Crippen LogP contribution in [0.1, 0.15) is 47.6 Å². The number of carbonyl (C=O) groups is 2. The molecule has 9 nitrogen and oxygen atoms in total. The fourth-order valence-corrected chi connectivity index (χ4v) is 9.32. The molecule has 4 aromatic heterocycles. The topological polar surface area (TPSA) is 118 Å². The fraction of sp³-hybridized carbons (Fsp3) is 0.500. The molecule has 216 valence electrons. The van der Waals surface area contributed by atoms with Gasteiger partial charge in [0.15, 0.2) is 0 Å². The van der Waals surface area contributed by atoms with Gasteiger partial charge in [-0.3, -0.25) is 9.59 Å². The molecular formula is C28H29Cl2N5O4S2. The highest BCUT2D eigenvalue weighted by Gasteiger charge is 2.34. The van der Waals surface area contributed by atoms with Crippen LogP contribution < -0.4 is 0 Å². The standard InChI is InChI=1S/C17H20ClN3O2S.C11H9ClN2O2S/c1-9-6-21(7-10(2)23-9)17(22)11-3-4-12-13(5-11)24-16-14(12)15(18)19-8-20-16;12-9-8-6-2-1-5(11(15)16)3-7(6)17-10(8)14-4-13-9/h8-11H,3-7H2,1-2H3;4-5H,1-3H2,(H,15,16)/t9-,10+,11-;5-/m00/s1. The largest absolute Gasteiger partial charge is 0.481 e. The van der Waals surface area contributed by atoms with Gasteiger partial charge >= 0.3 is 5.97 Å². The maximum Gasteiger partial charge on any atom is 0.306 e. The van der Waals surface area contributed by atoms with E-state index in [9.17, 15) is 9.59 Å². The van der Waals surface area contributed by atoms with Gasteiger partial charge in [-0.15, -0.1) is 22.7 Å². The van der Waals surface area contributed by atoms with E-state index in [0.717, 1.165) is 56.6 Å². The molecule has 1 N–H and O–H groups in total. The molecule has 5 heterocycles. The SMILES string of the molecule is C[C@@H]1CN(C(=O)[C@H]2CCc3c(sc4ncnc(Cl)c34)C2)C[C@H](C)O1.O=C(O)[C@H]1CCc2c(sc3ncnc(Cl)c23)C1. The summed E-state index contributed by atoms with van der Waals surface area (Å²) in [5.74, 6) is -0.681. The van der Waals surface area contributed by atoms with Crippen LogP contribution in [0.2, 0.25) is 10.3 Å². The molecule has 0 unspecified atom stereocenters. The smallest absolute Gasteiger partial charge is 0.306 e. The minimum atomic E-state index is -0.717. The van der Waals surface area contributed by atoms with Gasteiger partial charge in [-0.1, -0.05) is 23.2 Å². The number of aryl methyl sites for hydroxylation is 2. The first-order valence-corrected chi connectivity index (χ1v) is 16.1. The second-order valence-corrected chi connectivity index (χ2v) is 13.8. The molecule has 1 amide bonds. The number of nitrogens with zero attached hydrogens (tertiary/aromatic N) is 5. The van der Waals surface area contributed by atoms with Crippen LogP contribution in [0.4, 0.5) is 0 Å². The zero-order chi connectivity index (χ0) is 28.8. The van der Waals surface area contributed by atoms with E-state index in [-0.39, 0.29) is 30.0 Å². The second kappa shape index (κ2) is 11.7. The zero-order valence-corrected chi connectivity index (χ0v) is 25.7. The third-order valence-electron chi connectivity index (χ3n) is 8.03. The number of aromatic nitrogens is 4. The lowest BCUT2D eigenvalue weighted by Gasteiger charge is -2.37. The van der Waals surface area contributed by atoms with Crippen molar-refractivity contribution in [2.45, 2.75) is 64.6 Å². The van der Waals surface area contributed by atoms with Crippen LogP contribution in [0.5, 0.6) is 0 Å². The molecule has 1 aliphatic heterocycles. The van der Waals surface area contributed by atoms with Crippen molar-refractivity contribution in [3.8, 4) is 0 Å². The van der Waals surface area contributed by atoms with Gasteiger partial charge in [-0.05, 0) is 63.5 Å². The molecule has 13 heteroatoms. The van der Waals surface area contributed by atoms with E-state index in [1.165, 1.54) is 34.4 Å². The fourth-order valence-electron chi connectivity index (χ4n) is 6.18. The molecule has 1 fully saturated rings. The predicted molar refractivity (Wildman–Crippen MR) is 160 cm³/mol. The third kappa shape index (κ3) is 5.67. The number of halogens is 2.